The third-order valence-electron chi connectivity index (χ3n) is 6.02. The molecule has 33 heavy (non-hydrogen) atoms. The maximum absolute atomic E-state index is 9.22. The van der Waals surface area contributed by atoms with Gasteiger partial charge in [0.05, 0.1) is 36.4 Å². The van der Waals surface area contributed by atoms with Crippen molar-refractivity contribution >= 4 is 55.9 Å². The van der Waals surface area contributed by atoms with Gasteiger partial charge in [-0.3, -0.25) is 9.08 Å². The number of quaternary nitrogens is 1. The first kappa shape index (κ1) is 23.1. The number of rotatable bonds is 3. The Bertz CT molecular complexity index is 1280. The molecule has 2 heterocycles. The van der Waals surface area contributed by atoms with Gasteiger partial charge in [0.2, 0.25) is 10.4 Å². The average Bonchev–Trinajstić information content (AvgIpc) is 2.82. The summed E-state index contributed by atoms with van der Waals surface area (Å²) >= 11 is 0. The van der Waals surface area contributed by atoms with Crippen molar-refractivity contribution in [3.05, 3.63) is 60.7 Å². The van der Waals surface area contributed by atoms with Crippen LogP contribution in [0.15, 0.2) is 60.7 Å². The lowest BCUT2D eigenvalue weighted by molar-refractivity contribution is -0.757. The molecule has 0 saturated carbocycles. The minimum absolute atomic E-state index is 0.808. The topological polar surface area (TPSA) is 89.4 Å². The molecule has 3 aromatic carbocycles. The Balaban J connectivity index is 0.000000385. The predicted molar refractivity (Wildman–Crippen MR) is 131 cm³/mol. The Hall–Kier alpha value is -3.11. The first-order valence-corrected chi connectivity index (χ1v) is 12.1. The van der Waals surface area contributed by atoms with Crippen LogP contribution in [-0.4, -0.2) is 40.2 Å². The minimum Gasteiger partial charge on any atom is -0.726 e. The summed E-state index contributed by atoms with van der Waals surface area (Å²) in [6.07, 6.45) is 0. The molecule has 0 saturated heterocycles. The summed E-state index contributed by atoms with van der Waals surface area (Å²) in [5.74, 6) is 0. The molecule has 0 bridgehead atoms. The molecular weight excluding hydrogens is 440 g/mol. The second kappa shape index (κ2) is 9.03. The molecule has 174 valence electrons. The maximum atomic E-state index is 9.22. The molecule has 2 aliphatic rings. The van der Waals surface area contributed by atoms with E-state index in [1.165, 1.54) is 50.4 Å². The SMILES string of the molecule is CCN1c2ccccc2Nc2cc3c(cc21)N(C)c1ccccc1[NH+]3CC.COS(=O)(=O)[O-]. The minimum atomic E-state index is -4.41. The molecule has 2 N–H and O–H groups in total. The van der Waals surface area contributed by atoms with Gasteiger partial charge in [-0.25, -0.2) is 8.42 Å². The first-order valence-electron chi connectivity index (χ1n) is 10.8. The van der Waals surface area contributed by atoms with Crippen molar-refractivity contribution in [2.24, 2.45) is 0 Å². The number of nitrogens with zero attached hydrogens (tertiary/aromatic N) is 2. The number of hydrogen-bond acceptors (Lipinski definition) is 7. The van der Waals surface area contributed by atoms with Crippen molar-refractivity contribution in [2.75, 3.05) is 42.4 Å². The zero-order valence-electron chi connectivity index (χ0n) is 19.1. The van der Waals surface area contributed by atoms with Gasteiger partial charge >= 0.3 is 0 Å². The van der Waals surface area contributed by atoms with E-state index >= 15 is 0 Å². The molecular formula is C24H28N4O4S. The van der Waals surface area contributed by atoms with E-state index in [4.69, 9.17) is 0 Å². The number of hydrogen-bond donors (Lipinski definition) is 2. The highest BCUT2D eigenvalue weighted by Gasteiger charge is 2.33. The van der Waals surface area contributed by atoms with Crippen molar-refractivity contribution in [3.8, 4) is 0 Å². The van der Waals surface area contributed by atoms with Gasteiger partial charge in [0, 0.05) is 25.7 Å². The molecule has 0 amide bonds. The summed E-state index contributed by atoms with van der Waals surface area (Å²) < 4.78 is 31.0. The Morgan fingerprint density at radius 1 is 0.909 bits per heavy atom. The summed E-state index contributed by atoms with van der Waals surface area (Å²) in [5.41, 5.74) is 10.1. The molecule has 2 aliphatic heterocycles. The van der Waals surface area contributed by atoms with Crippen LogP contribution in [0.3, 0.4) is 0 Å². The lowest BCUT2D eigenvalue weighted by Gasteiger charge is -2.38. The fraction of sp³-hybridized carbons (Fsp3) is 0.250. The molecule has 0 aromatic heterocycles. The zero-order chi connectivity index (χ0) is 23.8. The van der Waals surface area contributed by atoms with Crippen LogP contribution in [0, 0.1) is 0 Å². The van der Waals surface area contributed by atoms with Crippen LogP contribution in [0.25, 0.3) is 0 Å². The lowest BCUT2D eigenvalue weighted by atomic mass is 10.0. The molecule has 9 heteroatoms. The first-order chi connectivity index (χ1) is 15.8. The molecule has 1 atom stereocenters. The number of fused-ring (bicyclic) bond motifs is 4. The largest absolute Gasteiger partial charge is 0.726 e. The number of benzene rings is 3. The summed E-state index contributed by atoms with van der Waals surface area (Å²) in [7, 11) is -1.43. The van der Waals surface area contributed by atoms with Crippen LogP contribution in [-0.2, 0) is 14.6 Å². The molecule has 1 unspecified atom stereocenters. The van der Waals surface area contributed by atoms with E-state index in [9.17, 15) is 13.0 Å². The van der Waals surface area contributed by atoms with E-state index in [0.717, 1.165) is 20.2 Å². The second-order valence-corrected chi connectivity index (χ2v) is 8.91. The summed E-state index contributed by atoms with van der Waals surface area (Å²) in [6, 6.07) is 22.0. The average molecular weight is 469 g/mol. The van der Waals surface area contributed by atoms with Crippen LogP contribution in [0.4, 0.5) is 45.5 Å². The molecule has 0 spiro atoms. The van der Waals surface area contributed by atoms with Crippen LogP contribution in [0.2, 0.25) is 0 Å². The van der Waals surface area contributed by atoms with E-state index in [2.05, 4.69) is 101 Å². The molecule has 0 aliphatic carbocycles. The van der Waals surface area contributed by atoms with Gasteiger partial charge in [0.1, 0.15) is 11.4 Å². The highest BCUT2D eigenvalue weighted by Crippen LogP contribution is 2.49. The Morgan fingerprint density at radius 2 is 1.55 bits per heavy atom. The normalized spacial score (nSPS) is 15.8. The van der Waals surface area contributed by atoms with Gasteiger partial charge in [-0.2, -0.15) is 0 Å². The Morgan fingerprint density at radius 3 is 2.18 bits per heavy atom. The molecule has 5 rings (SSSR count). The number of nitrogens with one attached hydrogen (secondary N) is 2. The number of anilines is 6. The highest BCUT2D eigenvalue weighted by molar-refractivity contribution is 7.80. The zero-order valence-corrected chi connectivity index (χ0v) is 19.9. The standard InChI is InChI=1S/C23H24N4.CH4O4S/c1-4-26-18-11-7-6-10-16(18)24-17-14-23-22(15-21(17)26)25(3)19-12-8-9-13-20(19)27(23)5-2;1-5-6(2,3)4/h6-15,24H,4-5H2,1-3H3;1H3,(H,2,3,4). The van der Waals surface area contributed by atoms with Crippen molar-refractivity contribution in [2.45, 2.75) is 13.8 Å². The van der Waals surface area contributed by atoms with E-state index < -0.39 is 10.4 Å². The van der Waals surface area contributed by atoms with Crippen molar-refractivity contribution in [1.29, 1.82) is 0 Å². The smallest absolute Gasteiger partial charge is 0.217 e. The van der Waals surface area contributed by atoms with Crippen LogP contribution < -0.4 is 20.0 Å². The van der Waals surface area contributed by atoms with Gasteiger partial charge < -0.3 is 19.7 Å². The van der Waals surface area contributed by atoms with E-state index in [1.54, 1.807) is 0 Å². The summed E-state index contributed by atoms with van der Waals surface area (Å²) in [6.45, 7) is 6.43. The van der Waals surface area contributed by atoms with Gasteiger partial charge in [0.15, 0.2) is 11.4 Å². The van der Waals surface area contributed by atoms with Crippen molar-refractivity contribution < 1.29 is 22.1 Å². The van der Waals surface area contributed by atoms with Crippen LogP contribution in [0.1, 0.15) is 13.8 Å². The van der Waals surface area contributed by atoms with Crippen molar-refractivity contribution in [3.63, 3.8) is 0 Å². The van der Waals surface area contributed by atoms with Gasteiger partial charge in [-0.15, -0.1) is 0 Å². The lowest BCUT2D eigenvalue weighted by Crippen LogP contribution is -3.02. The monoisotopic (exact) mass is 468 g/mol. The third kappa shape index (κ3) is 4.28. The molecule has 0 radical (unpaired) electrons. The summed E-state index contributed by atoms with van der Waals surface area (Å²) in [4.78, 5) is 6.16. The van der Waals surface area contributed by atoms with E-state index in [-0.39, 0.29) is 0 Å². The maximum Gasteiger partial charge on any atom is 0.217 e. The fourth-order valence-corrected chi connectivity index (χ4v) is 4.53. The van der Waals surface area contributed by atoms with Gasteiger partial charge in [0.25, 0.3) is 0 Å². The predicted octanol–water partition coefficient (Wildman–Crippen LogP) is 3.94. The van der Waals surface area contributed by atoms with Crippen LogP contribution in [0.5, 0.6) is 0 Å². The Labute approximate surface area is 195 Å². The van der Waals surface area contributed by atoms with Crippen LogP contribution >= 0.6 is 0 Å². The number of para-hydroxylation sites is 4. The van der Waals surface area contributed by atoms with E-state index in [1.807, 2.05) is 0 Å². The quantitative estimate of drug-likeness (QED) is 0.444. The highest BCUT2D eigenvalue weighted by atomic mass is 32.3. The van der Waals surface area contributed by atoms with E-state index in [0.29, 0.717) is 0 Å². The van der Waals surface area contributed by atoms with Gasteiger partial charge in [-0.05, 0) is 38.1 Å². The molecule has 3 aromatic rings. The van der Waals surface area contributed by atoms with Gasteiger partial charge in [-0.1, -0.05) is 24.3 Å². The third-order valence-corrected chi connectivity index (χ3v) is 6.43. The molecule has 0 fully saturated rings. The molecule has 8 nitrogen and oxygen atoms in total. The van der Waals surface area contributed by atoms with Crippen molar-refractivity contribution in [1.82, 2.24) is 0 Å². The second-order valence-electron chi connectivity index (χ2n) is 7.76. The Kier molecular flexibility index (Phi) is 6.31. The summed E-state index contributed by atoms with van der Waals surface area (Å²) in [5, 5.41) is 3.66. The fourth-order valence-electron chi connectivity index (χ4n) is 4.53.